The van der Waals surface area contributed by atoms with Gasteiger partial charge in [0.25, 0.3) is 5.91 Å². The predicted octanol–water partition coefficient (Wildman–Crippen LogP) is 4.37. The van der Waals surface area contributed by atoms with E-state index in [1.54, 1.807) is 35.2 Å². The van der Waals surface area contributed by atoms with E-state index in [0.717, 1.165) is 11.8 Å². The molecule has 2 aromatic rings. The summed E-state index contributed by atoms with van der Waals surface area (Å²) in [6.45, 7) is 4.78. The number of nitriles is 1. The molecule has 1 aliphatic heterocycles. The number of carbonyl (C=O) groups excluding carboxylic acids is 2. The number of hydrogen-bond donors (Lipinski definition) is 0. The monoisotopic (exact) mass is 382 g/mol. The zero-order valence-corrected chi connectivity index (χ0v) is 16.0. The number of ketones is 1. The molecule has 4 rings (SSSR count). The molecule has 0 bridgehead atoms. The minimum Gasteiger partial charge on any atom is -0.451 e. The van der Waals surface area contributed by atoms with Crippen molar-refractivity contribution in [3.8, 4) is 6.07 Å². The highest BCUT2D eigenvalue weighted by Crippen LogP contribution is 2.48. The average Bonchev–Trinajstić information content (AvgIpc) is 3.21. The first-order valence-corrected chi connectivity index (χ1v) is 9.27. The highest BCUT2D eigenvalue weighted by atomic mass is 35.5. The molecule has 1 aromatic carbocycles. The fourth-order valence-corrected chi connectivity index (χ4v) is 4.62. The van der Waals surface area contributed by atoms with Crippen molar-refractivity contribution >= 4 is 34.3 Å². The number of benzene rings is 1. The van der Waals surface area contributed by atoms with Crippen LogP contribution in [0.25, 0.3) is 11.0 Å². The number of fused-ring (bicyclic) bond motifs is 1. The fraction of sp³-hybridized carbons (Fsp3) is 0.381. The first-order chi connectivity index (χ1) is 12.7. The van der Waals surface area contributed by atoms with Crippen molar-refractivity contribution in [2.75, 3.05) is 13.1 Å². The first kappa shape index (κ1) is 17.8. The van der Waals surface area contributed by atoms with Gasteiger partial charge >= 0.3 is 0 Å². The van der Waals surface area contributed by atoms with Crippen LogP contribution >= 0.6 is 11.6 Å². The van der Waals surface area contributed by atoms with Crippen LogP contribution in [0.4, 0.5) is 0 Å². The summed E-state index contributed by atoms with van der Waals surface area (Å²) in [5.74, 6) is -0.0182. The summed E-state index contributed by atoms with van der Waals surface area (Å²) in [4.78, 5) is 27.1. The lowest BCUT2D eigenvalue weighted by atomic mass is 9.64. The predicted molar refractivity (Wildman–Crippen MR) is 101 cm³/mol. The normalized spacial score (nSPS) is 24.3. The van der Waals surface area contributed by atoms with Crippen molar-refractivity contribution in [1.82, 2.24) is 4.90 Å². The van der Waals surface area contributed by atoms with Crippen molar-refractivity contribution < 1.29 is 14.0 Å². The van der Waals surface area contributed by atoms with Gasteiger partial charge in [-0.1, -0.05) is 31.5 Å². The Morgan fingerprint density at radius 2 is 2.11 bits per heavy atom. The Bertz CT molecular complexity index is 1040. The highest BCUT2D eigenvalue weighted by Gasteiger charge is 2.49. The molecule has 2 aliphatic rings. The Kier molecular flexibility index (Phi) is 3.94. The second-order valence-corrected chi connectivity index (χ2v) is 8.63. The van der Waals surface area contributed by atoms with Gasteiger partial charge in [0.1, 0.15) is 11.7 Å². The second-order valence-electron chi connectivity index (χ2n) is 8.19. The van der Waals surface area contributed by atoms with E-state index in [0.29, 0.717) is 30.1 Å². The molecule has 138 valence electrons. The van der Waals surface area contributed by atoms with E-state index in [1.807, 2.05) is 19.9 Å². The number of likely N-dealkylation sites (tertiary alicyclic amines) is 1. The summed E-state index contributed by atoms with van der Waals surface area (Å²) in [5.41, 5.74) is -0.116. The summed E-state index contributed by atoms with van der Waals surface area (Å²) in [6.07, 6.45) is 3.14. The summed E-state index contributed by atoms with van der Waals surface area (Å²) in [5, 5.41) is 10.7. The SMILES string of the molecule is CC1(C)C[C@@]2(C=C(C#N)C1=O)CCN(C(=O)c1cc3cc(Cl)ccc3o1)C2. The summed E-state index contributed by atoms with van der Waals surface area (Å²) in [7, 11) is 0. The summed E-state index contributed by atoms with van der Waals surface area (Å²) >= 11 is 6.00. The first-order valence-electron chi connectivity index (χ1n) is 8.89. The van der Waals surface area contributed by atoms with Crippen molar-refractivity contribution in [2.45, 2.75) is 26.7 Å². The van der Waals surface area contributed by atoms with Gasteiger partial charge in [-0.25, -0.2) is 0 Å². The van der Waals surface area contributed by atoms with Crippen LogP contribution in [0.5, 0.6) is 0 Å². The van der Waals surface area contributed by atoms with E-state index in [2.05, 4.69) is 0 Å². The Morgan fingerprint density at radius 3 is 2.85 bits per heavy atom. The van der Waals surface area contributed by atoms with Gasteiger partial charge in [-0.3, -0.25) is 9.59 Å². The number of hydrogen-bond acceptors (Lipinski definition) is 4. The molecule has 1 spiro atoms. The number of furan rings is 1. The van der Waals surface area contributed by atoms with E-state index in [-0.39, 0.29) is 28.4 Å². The average molecular weight is 383 g/mol. The van der Waals surface area contributed by atoms with Gasteiger partial charge in [0, 0.05) is 34.3 Å². The van der Waals surface area contributed by atoms with Gasteiger partial charge < -0.3 is 9.32 Å². The number of rotatable bonds is 1. The standard InChI is InChI=1S/C21H19ClN2O3/c1-20(2)11-21(9-14(10-23)18(20)25)5-6-24(12-21)19(26)17-8-13-7-15(22)3-4-16(13)27-17/h3-4,7-9H,5-6,11-12H2,1-2H3/t21-/m0/s1. The van der Waals surface area contributed by atoms with Crippen LogP contribution in [0, 0.1) is 22.2 Å². The number of halogens is 1. The lowest BCUT2D eigenvalue weighted by molar-refractivity contribution is -0.125. The van der Waals surface area contributed by atoms with E-state index >= 15 is 0 Å². The smallest absolute Gasteiger partial charge is 0.289 e. The molecule has 1 saturated heterocycles. The van der Waals surface area contributed by atoms with Crippen LogP contribution in [-0.2, 0) is 4.79 Å². The number of Topliss-reactive ketones (excluding diaryl/α,β-unsaturated/α-hetero) is 1. The number of allylic oxidation sites excluding steroid dienone is 1. The minimum absolute atomic E-state index is 0.116. The van der Waals surface area contributed by atoms with E-state index in [1.165, 1.54) is 0 Å². The Balaban J connectivity index is 1.62. The lowest BCUT2D eigenvalue weighted by Gasteiger charge is -2.38. The number of amides is 1. The topological polar surface area (TPSA) is 74.3 Å². The molecule has 5 nitrogen and oxygen atoms in total. The van der Waals surface area contributed by atoms with Gasteiger partial charge in [0.2, 0.25) is 0 Å². The third kappa shape index (κ3) is 2.94. The third-order valence-electron chi connectivity index (χ3n) is 5.59. The minimum atomic E-state index is -0.602. The molecular weight excluding hydrogens is 364 g/mol. The lowest BCUT2D eigenvalue weighted by Crippen LogP contribution is -2.40. The van der Waals surface area contributed by atoms with Crippen LogP contribution in [0.15, 0.2) is 40.3 Å². The largest absolute Gasteiger partial charge is 0.451 e. The quantitative estimate of drug-likeness (QED) is 0.734. The zero-order chi connectivity index (χ0) is 19.4. The summed E-state index contributed by atoms with van der Waals surface area (Å²) < 4.78 is 5.70. The maximum Gasteiger partial charge on any atom is 0.289 e. The van der Waals surface area contributed by atoms with Gasteiger partial charge in [-0.15, -0.1) is 0 Å². The van der Waals surface area contributed by atoms with Gasteiger partial charge in [-0.2, -0.15) is 5.26 Å². The molecule has 1 aromatic heterocycles. The Morgan fingerprint density at radius 1 is 1.33 bits per heavy atom. The maximum atomic E-state index is 13.0. The van der Waals surface area contributed by atoms with Gasteiger partial charge in [0.05, 0.1) is 5.57 Å². The fourth-order valence-electron chi connectivity index (χ4n) is 4.44. The molecule has 0 saturated carbocycles. The highest BCUT2D eigenvalue weighted by molar-refractivity contribution is 6.31. The maximum absolute atomic E-state index is 13.0. The molecule has 0 radical (unpaired) electrons. The van der Waals surface area contributed by atoms with Crippen molar-refractivity contribution in [3.63, 3.8) is 0 Å². The van der Waals surface area contributed by atoms with Crippen LogP contribution < -0.4 is 0 Å². The van der Waals surface area contributed by atoms with E-state index in [4.69, 9.17) is 16.0 Å². The van der Waals surface area contributed by atoms with Crippen LogP contribution in [-0.4, -0.2) is 29.7 Å². The van der Waals surface area contributed by atoms with Crippen LogP contribution in [0.1, 0.15) is 37.2 Å². The molecule has 0 unspecified atom stereocenters. The molecule has 1 fully saturated rings. The Labute approximate surface area is 162 Å². The Hall–Kier alpha value is -2.58. The molecule has 1 atom stereocenters. The van der Waals surface area contributed by atoms with Crippen molar-refractivity contribution in [1.29, 1.82) is 5.26 Å². The zero-order valence-electron chi connectivity index (χ0n) is 15.2. The van der Waals surface area contributed by atoms with Crippen LogP contribution in [0.2, 0.25) is 5.02 Å². The van der Waals surface area contributed by atoms with E-state index in [9.17, 15) is 14.9 Å². The second kappa shape index (κ2) is 5.97. The van der Waals surface area contributed by atoms with Gasteiger partial charge in [-0.05, 0) is 37.1 Å². The molecule has 1 aliphatic carbocycles. The molecule has 2 heterocycles. The molecule has 27 heavy (non-hydrogen) atoms. The van der Waals surface area contributed by atoms with Crippen molar-refractivity contribution in [3.05, 3.63) is 46.7 Å². The van der Waals surface area contributed by atoms with Gasteiger partial charge in [0.15, 0.2) is 11.5 Å². The third-order valence-corrected chi connectivity index (χ3v) is 5.82. The number of nitrogens with zero attached hydrogens (tertiary/aromatic N) is 2. The molecule has 6 heteroatoms. The molecule has 1 amide bonds. The van der Waals surface area contributed by atoms with Crippen LogP contribution in [0.3, 0.4) is 0 Å². The number of carbonyl (C=O) groups is 2. The molecule has 0 N–H and O–H groups in total. The summed E-state index contributed by atoms with van der Waals surface area (Å²) in [6, 6.07) is 8.98. The van der Waals surface area contributed by atoms with E-state index < -0.39 is 5.41 Å². The van der Waals surface area contributed by atoms with Crippen molar-refractivity contribution in [2.24, 2.45) is 10.8 Å². The molecular formula is C21H19ClN2O3.